The lowest BCUT2D eigenvalue weighted by molar-refractivity contribution is -0.144. The van der Waals surface area contributed by atoms with Crippen LogP contribution in [-0.4, -0.2) is 33.0 Å². The minimum atomic E-state index is -4.56. The third-order valence-corrected chi connectivity index (χ3v) is 2.95. The van der Waals surface area contributed by atoms with E-state index in [0.29, 0.717) is 5.52 Å². The molecule has 18 heavy (non-hydrogen) atoms. The molecule has 1 saturated carbocycles. The van der Waals surface area contributed by atoms with E-state index in [1.165, 1.54) is 6.33 Å². The van der Waals surface area contributed by atoms with Crippen molar-refractivity contribution in [2.24, 2.45) is 0 Å². The SMILES string of the molecule is CN(c1nc(C(F)(F)F)nc2nc[nH]c12)C1CC1. The van der Waals surface area contributed by atoms with Crippen LogP contribution in [-0.2, 0) is 6.18 Å². The van der Waals surface area contributed by atoms with Gasteiger partial charge in [-0.15, -0.1) is 0 Å². The van der Waals surface area contributed by atoms with Crippen molar-refractivity contribution in [3.63, 3.8) is 0 Å². The molecule has 1 N–H and O–H groups in total. The zero-order chi connectivity index (χ0) is 12.9. The quantitative estimate of drug-likeness (QED) is 0.893. The number of imidazole rings is 1. The smallest absolute Gasteiger partial charge is 0.355 e. The molecule has 1 fully saturated rings. The second-order valence-corrected chi connectivity index (χ2v) is 4.31. The van der Waals surface area contributed by atoms with Crippen LogP contribution >= 0.6 is 0 Å². The maximum absolute atomic E-state index is 12.7. The summed E-state index contributed by atoms with van der Waals surface area (Å²) in [7, 11) is 1.74. The Balaban J connectivity index is 2.17. The van der Waals surface area contributed by atoms with Gasteiger partial charge in [0, 0.05) is 13.1 Å². The Kier molecular flexibility index (Phi) is 2.23. The summed E-state index contributed by atoms with van der Waals surface area (Å²) in [5, 5.41) is 0. The van der Waals surface area contributed by atoms with Crippen molar-refractivity contribution < 1.29 is 13.2 Å². The molecule has 0 bridgehead atoms. The Morgan fingerprint density at radius 3 is 2.67 bits per heavy atom. The van der Waals surface area contributed by atoms with E-state index in [4.69, 9.17) is 0 Å². The molecule has 0 radical (unpaired) electrons. The summed E-state index contributed by atoms with van der Waals surface area (Å²) in [6.45, 7) is 0. The van der Waals surface area contributed by atoms with Crippen LogP contribution in [0.1, 0.15) is 18.7 Å². The average Bonchev–Trinajstić information content (AvgIpc) is 3.03. The minimum Gasteiger partial charge on any atom is -0.355 e. The first-order valence-electron chi connectivity index (χ1n) is 5.48. The van der Waals surface area contributed by atoms with E-state index in [0.717, 1.165) is 12.8 Å². The highest BCUT2D eigenvalue weighted by Gasteiger charge is 2.37. The molecule has 0 aliphatic heterocycles. The van der Waals surface area contributed by atoms with Gasteiger partial charge in [0.25, 0.3) is 0 Å². The number of anilines is 1. The molecule has 2 aromatic heterocycles. The molecule has 0 aromatic carbocycles. The van der Waals surface area contributed by atoms with Crippen molar-refractivity contribution >= 4 is 17.0 Å². The molecule has 5 nitrogen and oxygen atoms in total. The highest BCUT2D eigenvalue weighted by Crippen LogP contribution is 2.34. The predicted octanol–water partition coefficient (Wildman–Crippen LogP) is 1.97. The molecular formula is C10H10F3N5. The van der Waals surface area contributed by atoms with Gasteiger partial charge in [-0.25, -0.2) is 15.0 Å². The molecule has 0 atom stereocenters. The summed E-state index contributed by atoms with van der Waals surface area (Å²) in [5.74, 6) is -0.892. The molecule has 1 aliphatic carbocycles. The Morgan fingerprint density at radius 2 is 2.06 bits per heavy atom. The van der Waals surface area contributed by atoms with Gasteiger partial charge in [0.05, 0.1) is 6.33 Å². The normalized spacial score (nSPS) is 16.2. The Bertz CT molecular complexity index is 587. The van der Waals surface area contributed by atoms with Gasteiger partial charge < -0.3 is 9.88 Å². The molecule has 8 heteroatoms. The topological polar surface area (TPSA) is 57.7 Å². The highest BCUT2D eigenvalue weighted by atomic mass is 19.4. The maximum atomic E-state index is 12.7. The third-order valence-electron chi connectivity index (χ3n) is 2.95. The zero-order valence-electron chi connectivity index (χ0n) is 9.49. The number of alkyl halides is 3. The first-order chi connectivity index (χ1) is 8.47. The van der Waals surface area contributed by atoms with E-state index in [1.54, 1.807) is 11.9 Å². The average molecular weight is 257 g/mol. The first-order valence-corrected chi connectivity index (χ1v) is 5.48. The monoisotopic (exact) mass is 257 g/mol. The molecule has 1 aliphatic rings. The van der Waals surface area contributed by atoms with E-state index in [-0.39, 0.29) is 17.5 Å². The van der Waals surface area contributed by atoms with Gasteiger partial charge in [-0.3, -0.25) is 0 Å². The summed E-state index contributed by atoms with van der Waals surface area (Å²) in [4.78, 5) is 15.4. The maximum Gasteiger partial charge on any atom is 0.451 e. The summed E-state index contributed by atoms with van der Waals surface area (Å²) in [6.07, 6.45) is -1.30. The highest BCUT2D eigenvalue weighted by molar-refractivity contribution is 5.83. The minimum absolute atomic E-state index is 0.0415. The van der Waals surface area contributed by atoms with Gasteiger partial charge in [0.2, 0.25) is 5.82 Å². The van der Waals surface area contributed by atoms with E-state index >= 15 is 0 Å². The number of hydrogen-bond donors (Lipinski definition) is 1. The molecular weight excluding hydrogens is 247 g/mol. The second kappa shape index (κ2) is 3.56. The van der Waals surface area contributed by atoms with Crippen LogP contribution in [0.15, 0.2) is 6.33 Å². The number of rotatable bonds is 2. The predicted molar refractivity (Wildman–Crippen MR) is 58.1 cm³/mol. The number of H-pyrrole nitrogens is 1. The van der Waals surface area contributed by atoms with Crippen molar-refractivity contribution in [1.82, 2.24) is 19.9 Å². The van der Waals surface area contributed by atoms with Gasteiger partial charge in [-0.05, 0) is 12.8 Å². The second-order valence-electron chi connectivity index (χ2n) is 4.31. The van der Waals surface area contributed by atoms with Crippen molar-refractivity contribution in [1.29, 1.82) is 0 Å². The Labute approximate surface area is 100 Å². The van der Waals surface area contributed by atoms with Crippen LogP contribution < -0.4 is 4.90 Å². The van der Waals surface area contributed by atoms with Crippen LogP contribution in [0.2, 0.25) is 0 Å². The van der Waals surface area contributed by atoms with Crippen molar-refractivity contribution in [3.05, 3.63) is 12.2 Å². The van der Waals surface area contributed by atoms with Crippen molar-refractivity contribution in [2.75, 3.05) is 11.9 Å². The molecule has 2 aromatic rings. The number of aromatic amines is 1. The molecule has 0 amide bonds. The van der Waals surface area contributed by atoms with Crippen molar-refractivity contribution in [3.8, 4) is 0 Å². The number of halogens is 3. The Hall–Kier alpha value is -1.86. The van der Waals surface area contributed by atoms with E-state index < -0.39 is 12.0 Å². The lowest BCUT2D eigenvalue weighted by atomic mass is 10.4. The molecule has 2 heterocycles. The fourth-order valence-electron chi connectivity index (χ4n) is 1.83. The Morgan fingerprint density at radius 1 is 1.33 bits per heavy atom. The van der Waals surface area contributed by atoms with Gasteiger partial charge in [-0.1, -0.05) is 0 Å². The van der Waals surface area contributed by atoms with Gasteiger partial charge >= 0.3 is 6.18 Å². The van der Waals surface area contributed by atoms with Crippen molar-refractivity contribution in [2.45, 2.75) is 25.1 Å². The fourth-order valence-corrected chi connectivity index (χ4v) is 1.83. The first kappa shape index (κ1) is 11.2. The number of nitrogens with one attached hydrogen (secondary N) is 1. The van der Waals surface area contributed by atoms with Crippen LogP contribution in [0.5, 0.6) is 0 Å². The number of hydrogen-bond acceptors (Lipinski definition) is 4. The summed E-state index contributed by atoms with van der Waals surface area (Å²) >= 11 is 0. The van der Waals surface area contributed by atoms with E-state index in [2.05, 4.69) is 19.9 Å². The fraction of sp³-hybridized carbons (Fsp3) is 0.500. The van der Waals surface area contributed by atoms with Crippen LogP contribution in [0, 0.1) is 0 Å². The van der Waals surface area contributed by atoms with Crippen LogP contribution in [0.3, 0.4) is 0 Å². The summed E-state index contributed by atoms with van der Waals surface area (Å²) < 4.78 is 38.1. The summed E-state index contributed by atoms with van der Waals surface area (Å²) in [5.41, 5.74) is 0.484. The van der Waals surface area contributed by atoms with Crippen LogP contribution in [0.25, 0.3) is 11.2 Å². The lowest BCUT2D eigenvalue weighted by Crippen LogP contribution is -2.23. The molecule has 0 saturated heterocycles. The number of fused-ring (bicyclic) bond motifs is 1. The van der Waals surface area contributed by atoms with Gasteiger partial charge in [-0.2, -0.15) is 13.2 Å². The van der Waals surface area contributed by atoms with E-state index in [1.807, 2.05) is 0 Å². The molecule has 96 valence electrons. The number of nitrogens with zero attached hydrogens (tertiary/aromatic N) is 4. The summed E-state index contributed by atoms with van der Waals surface area (Å²) in [6, 6.07) is 0.257. The molecule has 3 rings (SSSR count). The van der Waals surface area contributed by atoms with E-state index in [9.17, 15) is 13.2 Å². The zero-order valence-corrected chi connectivity index (χ0v) is 9.49. The molecule has 0 spiro atoms. The molecule has 0 unspecified atom stereocenters. The van der Waals surface area contributed by atoms with Crippen LogP contribution in [0.4, 0.5) is 19.0 Å². The van der Waals surface area contributed by atoms with Gasteiger partial charge in [0.1, 0.15) is 5.52 Å². The standard InChI is InChI=1S/C10H10F3N5/c1-18(5-2-3-5)8-6-7(15-4-14-6)16-9(17-8)10(11,12)13/h4-5H,2-3H2,1H3,(H,14,15,16,17). The lowest BCUT2D eigenvalue weighted by Gasteiger charge is -2.18. The van der Waals surface area contributed by atoms with Gasteiger partial charge in [0.15, 0.2) is 11.5 Å². The largest absolute Gasteiger partial charge is 0.451 e. The third kappa shape index (κ3) is 1.77. The number of aromatic nitrogens is 4.